The van der Waals surface area contributed by atoms with E-state index < -0.39 is 54.2 Å². The highest BCUT2D eigenvalue weighted by atomic mass is 16.4. The lowest BCUT2D eigenvalue weighted by atomic mass is 10.0. The summed E-state index contributed by atoms with van der Waals surface area (Å²) in [5.74, 6) is -5.31. The molecule has 3 atom stereocenters. The van der Waals surface area contributed by atoms with Crippen LogP contribution in [0.5, 0.6) is 0 Å². The molecule has 0 fully saturated rings. The fraction of sp³-hybridized carbons (Fsp3) is 0.450. The molecule has 1 aromatic carbocycles. The Hall–Kier alpha value is -3.47. The van der Waals surface area contributed by atoms with Crippen LogP contribution in [0.4, 0.5) is 0 Å². The molecule has 0 aliphatic carbocycles. The maximum absolute atomic E-state index is 12.8. The average Bonchev–Trinajstić information content (AvgIpc) is 2.70. The molecule has 0 bridgehead atoms. The topological polar surface area (TPSA) is 188 Å². The second kappa shape index (κ2) is 12.3. The lowest BCUT2D eigenvalue weighted by molar-refractivity contribution is -0.147. The first kappa shape index (κ1) is 25.6. The van der Waals surface area contributed by atoms with Gasteiger partial charge in [0.15, 0.2) is 0 Å². The third kappa shape index (κ3) is 8.83. The van der Waals surface area contributed by atoms with Crippen molar-refractivity contribution in [2.45, 2.75) is 44.8 Å². The minimum atomic E-state index is -1.67. The minimum Gasteiger partial charge on any atom is -0.481 e. The van der Waals surface area contributed by atoms with Crippen LogP contribution in [0.1, 0.15) is 25.8 Å². The number of hydrogen-bond donors (Lipinski definition) is 6. The predicted octanol–water partition coefficient (Wildman–Crippen LogP) is -1.14. The van der Waals surface area contributed by atoms with Gasteiger partial charge in [-0.1, -0.05) is 44.2 Å². The molecule has 170 valence electrons. The Morgan fingerprint density at radius 1 is 0.903 bits per heavy atom. The smallest absolute Gasteiger partial charge is 0.326 e. The van der Waals surface area contributed by atoms with E-state index in [0.29, 0.717) is 5.56 Å². The molecular weight excluding hydrogens is 408 g/mol. The summed E-state index contributed by atoms with van der Waals surface area (Å²) in [6.45, 7) is 3.07. The number of carboxylic acid groups (broad SMARTS) is 2. The Labute approximate surface area is 179 Å². The van der Waals surface area contributed by atoms with E-state index in [0.717, 1.165) is 0 Å². The van der Waals surface area contributed by atoms with Crippen LogP contribution in [0, 0.1) is 5.92 Å². The number of amides is 3. The van der Waals surface area contributed by atoms with Crippen molar-refractivity contribution in [3.05, 3.63) is 35.9 Å². The largest absolute Gasteiger partial charge is 0.481 e. The minimum absolute atomic E-state index is 0.0213. The summed E-state index contributed by atoms with van der Waals surface area (Å²) >= 11 is 0. The first-order valence-electron chi connectivity index (χ1n) is 9.63. The number of nitrogens with one attached hydrogen (secondary N) is 3. The second-order valence-electron chi connectivity index (χ2n) is 7.24. The zero-order chi connectivity index (χ0) is 23.6. The average molecular weight is 436 g/mol. The third-order valence-corrected chi connectivity index (χ3v) is 4.36. The SMILES string of the molecule is CC(C)C(NC(=O)CN)C(=O)NC(Cc1ccccc1)C(=O)NC(CC(=O)O)C(=O)O. The van der Waals surface area contributed by atoms with Crippen LogP contribution in [-0.2, 0) is 30.4 Å². The van der Waals surface area contributed by atoms with Crippen LogP contribution in [0.25, 0.3) is 0 Å². The van der Waals surface area contributed by atoms with Crippen LogP contribution < -0.4 is 21.7 Å². The van der Waals surface area contributed by atoms with Crippen molar-refractivity contribution in [2.75, 3.05) is 6.54 Å². The number of benzene rings is 1. The Morgan fingerprint density at radius 2 is 1.48 bits per heavy atom. The van der Waals surface area contributed by atoms with E-state index in [1.54, 1.807) is 44.2 Å². The number of nitrogens with two attached hydrogens (primary N) is 1. The van der Waals surface area contributed by atoms with Gasteiger partial charge in [-0.15, -0.1) is 0 Å². The van der Waals surface area contributed by atoms with E-state index in [9.17, 15) is 29.1 Å². The summed E-state index contributed by atoms with van der Waals surface area (Å²) in [5.41, 5.74) is 5.96. The van der Waals surface area contributed by atoms with Crippen LogP contribution in [0.2, 0.25) is 0 Å². The molecule has 0 saturated heterocycles. The fourth-order valence-corrected chi connectivity index (χ4v) is 2.73. The van der Waals surface area contributed by atoms with Gasteiger partial charge in [-0.25, -0.2) is 4.79 Å². The fourth-order valence-electron chi connectivity index (χ4n) is 2.73. The highest BCUT2D eigenvalue weighted by Crippen LogP contribution is 2.07. The van der Waals surface area contributed by atoms with E-state index in [1.165, 1.54) is 0 Å². The molecule has 11 heteroatoms. The molecule has 31 heavy (non-hydrogen) atoms. The zero-order valence-electron chi connectivity index (χ0n) is 17.3. The molecule has 0 aliphatic rings. The van der Waals surface area contributed by atoms with E-state index in [2.05, 4.69) is 16.0 Å². The highest BCUT2D eigenvalue weighted by Gasteiger charge is 2.31. The molecule has 0 radical (unpaired) electrons. The van der Waals surface area contributed by atoms with Gasteiger partial charge in [0.25, 0.3) is 0 Å². The molecular formula is C20H28N4O7. The van der Waals surface area contributed by atoms with Crippen molar-refractivity contribution in [1.29, 1.82) is 0 Å². The quantitative estimate of drug-likeness (QED) is 0.237. The Morgan fingerprint density at radius 3 is 1.97 bits per heavy atom. The summed E-state index contributed by atoms with van der Waals surface area (Å²) in [6.07, 6.45) is -0.804. The van der Waals surface area contributed by atoms with Gasteiger partial charge < -0.3 is 31.9 Å². The number of rotatable bonds is 12. The lowest BCUT2D eigenvalue weighted by Crippen LogP contribution is -2.58. The highest BCUT2D eigenvalue weighted by molar-refractivity contribution is 5.94. The number of hydrogen-bond acceptors (Lipinski definition) is 6. The second-order valence-corrected chi connectivity index (χ2v) is 7.24. The molecule has 3 unspecified atom stereocenters. The van der Waals surface area contributed by atoms with Gasteiger partial charge in [-0.2, -0.15) is 0 Å². The predicted molar refractivity (Wildman–Crippen MR) is 110 cm³/mol. The molecule has 11 nitrogen and oxygen atoms in total. The molecule has 0 heterocycles. The number of carbonyl (C=O) groups is 5. The Kier molecular flexibility index (Phi) is 10.1. The van der Waals surface area contributed by atoms with Gasteiger partial charge in [0.05, 0.1) is 13.0 Å². The third-order valence-electron chi connectivity index (χ3n) is 4.36. The first-order valence-corrected chi connectivity index (χ1v) is 9.63. The summed E-state index contributed by atoms with van der Waals surface area (Å²) in [5, 5.41) is 25.2. The van der Waals surface area contributed by atoms with Gasteiger partial charge in [-0.3, -0.25) is 19.2 Å². The number of aliphatic carboxylic acids is 2. The monoisotopic (exact) mass is 436 g/mol. The Balaban J connectivity index is 3.08. The molecule has 1 rings (SSSR count). The van der Waals surface area contributed by atoms with E-state index in [-0.39, 0.29) is 18.9 Å². The Bertz CT molecular complexity index is 798. The zero-order valence-corrected chi connectivity index (χ0v) is 17.3. The van der Waals surface area contributed by atoms with E-state index in [4.69, 9.17) is 10.8 Å². The van der Waals surface area contributed by atoms with Crippen molar-refractivity contribution in [3.63, 3.8) is 0 Å². The summed E-state index contributed by atoms with van der Waals surface area (Å²) in [4.78, 5) is 59.4. The summed E-state index contributed by atoms with van der Waals surface area (Å²) in [7, 11) is 0. The molecule has 1 aromatic rings. The standard InChI is InChI=1S/C20H28N4O7/c1-11(2)17(24-15(25)10-21)19(29)22-13(8-12-6-4-3-5-7-12)18(28)23-14(20(30)31)9-16(26)27/h3-7,11,13-14,17H,8-10,21H2,1-2H3,(H,22,29)(H,23,28)(H,24,25)(H,26,27)(H,30,31). The van der Waals surface area contributed by atoms with Crippen LogP contribution in [0.15, 0.2) is 30.3 Å². The molecule has 7 N–H and O–H groups in total. The molecule has 0 saturated carbocycles. The maximum atomic E-state index is 12.8. The number of carboxylic acids is 2. The van der Waals surface area contributed by atoms with Crippen molar-refractivity contribution in [1.82, 2.24) is 16.0 Å². The van der Waals surface area contributed by atoms with Gasteiger partial charge in [0, 0.05) is 6.42 Å². The van der Waals surface area contributed by atoms with Gasteiger partial charge in [-0.05, 0) is 11.5 Å². The lowest BCUT2D eigenvalue weighted by Gasteiger charge is -2.26. The van der Waals surface area contributed by atoms with Gasteiger partial charge in [0.1, 0.15) is 18.1 Å². The molecule has 3 amide bonds. The van der Waals surface area contributed by atoms with Crippen LogP contribution in [-0.4, -0.2) is 64.5 Å². The van der Waals surface area contributed by atoms with Gasteiger partial charge >= 0.3 is 11.9 Å². The molecule has 0 aromatic heterocycles. The maximum Gasteiger partial charge on any atom is 0.326 e. The van der Waals surface area contributed by atoms with Crippen molar-refractivity contribution < 1.29 is 34.2 Å². The van der Waals surface area contributed by atoms with Crippen molar-refractivity contribution >= 4 is 29.7 Å². The van der Waals surface area contributed by atoms with Crippen LogP contribution in [0.3, 0.4) is 0 Å². The van der Waals surface area contributed by atoms with Crippen molar-refractivity contribution in [2.24, 2.45) is 11.7 Å². The van der Waals surface area contributed by atoms with Gasteiger partial charge in [0.2, 0.25) is 17.7 Å². The summed E-state index contributed by atoms with van der Waals surface area (Å²) < 4.78 is 0. The van der Waals surface area contributed by atoms with Crippen LogP contribution >= 0.6 is 0 Å². The molecule has 0 spiro atoms. The normalized spacial score (nSPS) is 13.5. The van der Waals surface area contributed by atoms with E-state index in [1.807, 2.05) is 0 Å². The van der Waals surface area contributed by atoms with E-state index >= 15 is 0 Å². The number of carbonyl (C=O) groups excluding carboxylic acids is 3. The van der Waals surface area contributed by atoms with Crippen molar-refractivity contribution in [3.8, 4) is 0 Å². The summed E-state index contributed by atoms with van der Waals surface area (Å²) in [6, 6.07) is 4.81. The first-order chi connectivity index (χ1) is 14.5. The molecule has 0 aliphatic heterocycles.